The van der Waals surface area contributed by atoms with Gasteiger partial charge in [0, 0.05) is 20.2 Å². The van der Waals surface area contributed by atoms with E-state index in [9.17, 15) is 4.79 Å². The second-order valence-corrected chi connectivity index (χ2v) is 5.03. The molecule has 94 valence electrons. The Morgan fingerprint density at radius 3 is 3.18 bits per heavy atom. The zero-order valence-corrected chi connectivity index (χ0v) is 11.4. The summed E-state index contributed by atoms with van der Waals surface area (Å²) in [4.78, 5) is 20.1. The molecular weight excluding hydrogens is 286 g/mol. The Bertz CT molecular complexity index is 429. The molecule has 1 unspecified atom stereocenters. The molecule has 6 heteroatoms. The quantitative estimate of drug-likeness (QED) is 0.920. The van der Waals surface area contributed by atoms with E-state index in [0.717, 1.165) is 26.0 Å². The fourth-order valence-corrected chi connectivity index (χ4v) is 2.50. The largest absolute Gasteiger partial charge is 0.376 e. The van der Waals surface area contributed by atoms with Crippen molar-refractivity contribution in [1.82, 2.24) is 9.97 Å². The topological polar surface area (TPSA) is 58.2 Å². The zero-order chi connectivity index (χ0) is 12.3. The summed E-state index contributed by atoms with van der Waals surface area (Å²) in [5, 5.41) is 0. The minimum absolute atomic E-state index is 0.161. The second kappa shape index (κ2) is 5.64. The summed E-state index contributed by atoms with van der Waals surface area (Å²) in [6, 6.07) is 0. The van der Waals surface area contributed by atoms with Crippen LogP contribution in [0, 0.1) is 0 Å². The van der Waals surface area contributed by atoms with Crippen LogP contribution < -0.4 is 10.5 Å². The van der Waals surface area contributed by atoms with Crippen molar-refractivity contribution in [1.29, 1.82) is 0 Å². The lowest BCUT2D eigenvalue weighted by atomic mass is 10.1. The van der Waals surface area contributed by atoms with Gasteiger partial charge in [-0.1, -0.05) is 0 Å². The Balaban J connectivity index is 2.06. The number of nitrogens with zero attached hydrogens (tertiary/aromatic N) is 2. The van der Waals surface area contributed by atoms with Crippen molar-refractivity contribution in [2.75, 3.05) is 25.1 Å². The first-order valence-electron chi connectivity index (χ1n) is 5.74. The number of ether oxygens (including phenoxy) is 1. The van der Waals surface area contributed by atoms with Crippen LogP contribution in [0.5, 0.6) is 0 Å². The molecule has 0 amide bonds. The van der Waals surface area contributed by atoms with Gasteiger partial charge in [-0.15, -0.1) is 0 Å². The van der Waals surface area contributed by atoms with Gasteiger partial charge in [-0.05, 0) is 35.2 Å². The standard InChI is InChI=1S/C11H16BrN3O2/c1-15(6-8-4-2-3-5-17-8)10-9(12)11(16)14-7-13-10/h7-8H,2-6H2,1H3,(H,13,14,16). The van der Waals surface area contributed by atoms with E-state index in [0.29, 0.717) is 10.3 Å². The molecule has 1 saturated heterocycles. The molecule has 0 radical (unpaired) electrons. The summed E-state index contributed by atoms with van der Waals surface area (Å²) >= 11 is 3.26. The van der Waals surface area contributed by atoms with Gasteiger partial charge in [-0.25, -0.2) is 4.98 Å². The molecule has 0 spiro atoms. The number of halogens is 1. The van der Waals surface area contributed by atoms with Crippen LogP contribution in [0.25, 0.3) is 0 Å². The maximum atomic E-state index is 11.4. The summed E-state index contributed by atoms with van der Waals surface area (Å²) in [5.74, 6) is 0.655. The number of anilines is 1. The first-order valence-corrected chi connectivity index (χ1v) is 6.53. The lowest BCUT2D eigenvalue weighted by Crippen LogP contribution is -2.34. The highest BCUT2D eigenvalue weighted by Crippen LogP contribution is 2.20. The van der Waals surface area contributed by atoms with Crippen molar-refractivity contribution in [2.45, 2.75) is 25.4 Å². The molecule has 1 aromatic rings. The Hall–Kier alpha value is -0.880. The van der Waals surface area contributed by atoms with Crippen LogP contribution in [0.15, 0.2) is 15.6 Å². The molecule has 17 heavy (non-hydrogen) atoms. The summed E-state index contributed by atoms with van der Waals surface area (Å²) < 4.78 is 6.14. The molecular formula is C11H16BrN3O2. The maximum absolute atomic E-state index is 11.4. The van der Waals surface area contributed by atoms with Gasteiger partial charge in [0.15, 0.2) is 0 Å². The second-order valence-electron chi connectivity index (χ2n) is 4.24. The molecule has 1 fully saturated rings. The van der Waals surface area contributed by atoms with Crippen molar-refractivity contribution in [3.8, 4) is 0 Å². The number of hydrogen-bond acceptors (Lipinski definition) is 4. The Labute approximate surface area is 108 Å². The van der Waals surface area contributed by atoms with E-state index >= 15 is 0 Å². The lowest BCUT2D eigenvalue weighted by molar-refractivity contribution is 0.0215. The van der Waals surface area contributed by atoms with Crippen molar-refractivity contribution >= 4 is 21.7 Å². The molecule has 0 saturated carbocycles. The van der Waals surface area contributed by atoms with Crippen molar-refractivity contribution in [3.05, 3.63) is 21.2 Å². The SMILES string of the molecule is CN(CC1CCCCO1)c1nc[nH]c(=O)c1Br. The molecule has 2 heterocycles. The molecule has 1 aliphatic heterocycles. The van der Waals surface area contributed by atoms with Crippen LogP contribution >= 0.6 is 15.9 Å². The van der Waals surface area contributed by atoms with Crippen LogP contribution in [0.3, 0.4) is 0 Å². The summed E-state index contributed by atoms with van der Waals surface area (Å²) in [7, 11) is 1.92. The highest BCUT2D eigenvalue weighted by Gasteiger charge is 2.18. The molecule has 1 N–H and O–H groups in total. The highest BCUT2D eigenvalue weighted by molar-refractivity contribution is 9.10. The fourth-order valence-electron chi connectivity index (χ4n) is 1.98. The normalized spacial score (nSPS) is 20.2. The summed E-state index contributed by atoms with van der Waals surface area (Å²) in [6.45, 7) is 1.59. The first-order chi connectivity index (χ1) is 8.18. The number of hydrogen-bond donors (Lipinski definition) is 1. The van der Waals surface area contributed by atoms with Gasteiger partial charge in [-0.2, -0.15) is 0 Å². The van der Waals surface area contributed by atoms with Gasteiger partial charge in [0.1, 0.15) is 10.3 Å². The minimum atomic E-state index is -0.161. The van der Waals surface area contributed by atoms with E-state index in [1.54, 1.807) is 0 Å². The number of rotatable bonds is 3. The van der Waals surface area contributed by atoms with E-state index in [1.807, 2.05) is 11.9 Å². The maximum Gasteiger partial charge on any atom is 0.267 e. The van der Waals surface area contributed by atoms with Crippen LogP contribution in [-0.4, -0.2) is 36.3 Å². The van der Waals surface area contributed by atoms with Crippen LogP contribution in [0.1, 0.15) is 19.3 Å². The monoisotopic (exact) mass is 301 g/mol. The number of H-pyrrole nitrogens is 1. The predicted octanol–water partition coefficient (Wildman–Crippen LogP) is 1.54. The van der Waals surface area contributed by atoms with Gasteiger partial charge >= 0.3 is 0 Å². The molecule has 1 atom stereocenters. The van der Waals surface area contributed by atoms with Gasteiger partial charge in [0.2, 0.25) is 0 Å². The highest BCUT2D eigenvalue weighted by atomic mass is 79.9. The Kier molecular flexibility index (Phi) is 4.17. The molecule has 1 aliphatic rings. The molecule has 2 rings (SSSR count). The molecule has 5 nitrogen and oxygen atoms in total. The smallest absolute Gasteiger partial charge is 0.267 e. The van der Waals surface area contributed by atoms with Gasteiger partial charge in [0.25, 0.3) is 5.56 Å². The average Bonchev–Trinajstić information content (AvgIpc) is 2.34. The van der Waals surface area contributed by atoms with E-state index in [2.05, 4.69) is 25.9 Å². The van der Waals surface area contributed by atoms with E-state index in [-0.39, 0.29) is 11.7 Å². The van der Waals surface area contributed by atoms with Gasteiger partial charge < -0.3 is 14.6 Å². The number of likely N-dealkylation sites (N-methyl/N-ethyl adjacent to an activating group) is 1. The molecule has 1 aromatic heterocycles. The third-order valence-electron chi connectivity index (χ3n) is 2.89. The van der Waals surface area contributed by atoms with Gasteiger partial charge in [0.05, 0.1) is 12.4 Å². The number of aromatic amines is 1. The van der Waals surface area contributed by atoms with E-state index < -0.39 is 0 Å². The van der Waals surface area contributed by atoms with Gasteiger partial charge in [-0.3, -0.25) is 4.79 Å². The Morgan fingerprint density at radius 1 is 1.65 bits per heavy atom. The molecule has 0 bridgehead atoms. The molecule has 0 aliphatic carbocycles. The van der Waals surface area contributed by atoms with Crippen molar-refractivity contribution < 1.29 is 4.74 Å². The fraction of sp³-hybridized carbons (Fsp3) is 0.636. The van der Waals surface area contributed by atoms with Crippen molar-refractivity contribution in [2.24, 2.45) is 0 Å². The van der Waals surface area contributed by atoms with E-state index in [4.69, 9.17) is 4.74 Å². The van der Waals surface area contributed by atoms with E-state index in [1.165, 1.54) is 12.7 Å². The first kappa shape index (κ1) is 12.6. The lowest BCUT2D eigenvalue weighted by Gasteiger charge is -2.28. The number of nitrogens with one attached hydrogen (secondary N) is 1. The third kappa shape index (κ3) is 3.07. The van der Waals surface area contributed by atoms with Crippen LogP contribution in [-0.2, 0) is 4.74 Å². The van der Waals surface area contributed by atoms with Crippen LogP contribution in [0.2, 0.25) is 0 Å². The summed E-state index contributed by atoms with van der Waals surface area (Å²) in [6.07, 6.45) is 5.09. The average molecular weight is 302 g/mol. The molecule has 0 aromatic carbocycles. The van der Waals surface area contributed by atoms with Crippen molar-refractivity contribution in [3.63, 3.8) is 0 Å². The van der Waals surface area contributed by atoms with Crippen LogP contribution in [0.4, 0.5) is 5.82 Å². The summed E-state index contributed by atoms with van der Waals surface area (Å²) in [5.41, 5.74) is -0.161. The minimum Gasteiger partial charge on any atom is -0.376 e. The Morgan fingerprint density at radius 2 is 2.47 bits per heavy atom. The zero-order valence-electron chi connectivity index (χ0n) is 9.78. The third-order valence-corrected chi connectivity index (χ3v) is 3.61. The number of aromatic nitrogens is 2. The predicted molar refractivity (Wildman–Crippen MR) is 69.4 cm³/mol.